The molecule has 6 atom stereocenters. The maximum absolute atomic E-state index is 12.6. The number of allylic oxidation sites excluding steroid dienone is 10. The number of rotatable bonds is 40. The van der Waals surface area contributed by atoms with Gasteiger partial charge in [-0.15, -0.1) is 0 Å². The molecule has 0 amide bonds. The summed E-state index contributed by atoms with van der Waals surface area (Å²) in [7, 11) is -4.72. The predicted octanol–water partition coefficient (Wildman–Crippen LogP) is 8.58. The topological polar surface area (TPSA) is 210 Å². The third-order valence-corrected chi connectivity index (χ3v) is 10.2. The van der Waals surface area contributed by atoms with Crippen LogP contribution in [0.25, 0.3) is 0 Å². The van der Waals surface area contributed by atoms with Crippen molar-refractivity contribution >= 4 is 19.8 Å². The van der Waals surface area contributed by atoms with Crippen molar-refractivity contribution in [2.45, 2.75) is 179 Å². The molecule has 60 heavy (non-hydrogen) atoms. The van der Waals surface area contributed by atoms with E-state index in [0.29, 0.717) is 6.42 Å². The number of esters is 2. The molecule has 0 aliphatic heterocycles. The van der Waals surface area contributed by atoms with Crippen LogP contribution in [0.1, 0.15) is 149 Å². The fraction of sp³-hybridized carbons (Fsp3) is 0.696. The second kappa shape index (κ2) is 40.4. The molecule has 0 fully saturated rings. The molecule has 6 N–H and O–H groups in total. The number of hydrogen-bond acceptors (Lipinski definition) is 12. The molecule has 346 valence electrons. The van der Waals surface area contributed by atoms with Gasteiger partial charge in [0.2, 0.25) is 0 Å². The first-order valence-electron chi connectivity index (χ1n) is 22.2. The van der Waals surface area contributed by atoms with Crippen LogP contribution in [0.4, 0.5) is 0 Å². The molecule has 0 rings (SSSR count). The zero-order valence-electron chi connectivity index (χ0n) is 36.5. The summed E-state index contributed by atoms with van der Waals surface area (Å²) >= 11 is 0. The molecule has 0 radical (unpaired) electrons. The maximum Gasteiger partial charge on any atom is 0.472 e. The Morgan fingerprint density at radius 3 is 1.80 bits per heavy atom. The van der Waals surface area contributed by atoms with Crippen molar-refractivity contribution in [2.75, 3.05) is 26.4 Å². The predicted molar refractivity (Wildman–Crippen MR) is 237 cm³/mol. The first-order valence-corrected chi connectivity index (χ1v) is 23.7. The van der Waals surface area contributed by atoms with Crippen molar-refractivity contribution < 1.29 is 63.1 Å². The molecule has 0 aliphatic rings. The fourth-order valence-corrected chi connectivity index (χ4v) is 6.37. The van der Waals surface area contributed by atoms with Crippen molar-refractivity contribution in [1.82, 2.24) is 0 Å². The Morgan fingerprint density at radius 2 is 1.15 bits per heavy atom. The molecule has 1 unspecified atom stereocenters. The zero-order chi connectivity index (χ0) is 44.5. The molecule has 0 aliphatic carbocycles. The summed E-state index contributed by atoms with van der Waals surface area (Å²) in [4.78, 5) is 35.1. The molecule has 14 heteroatoms. The van der Waals surface area contributed by atoms with E-state index < -0.39 is 76.7 Å². The molecule has 0 bridgehead atoms. The third kappa shape index (κ3) is 38.2. The highest BCUT2D eigenvalue weighted by Crippen LogP contribution is 2.43. The summed E-state index contributed by atoms with van der Waals surface area (Å²) in [6, 6.07) is 0. The van der Waals surface area contributed by atoms with E-state index in [1.54, 1.807) is 42.5 Å². The minimum absolute atomic E-state index is 0.0628. The lowest BCUT2D eigenvalue weighted by atomic mass is 10.1. The van der Waals surface area contributed by atoms with E-state index in [9.17, 15) is 39.5 Å². The lowest BCUT2D eigenvalue weighted by molar-refractivity contribution is -0.161. The number of phosphoric ester groups is 1. The Kier molecular flexibility index (Phi) is 38.5. The molecule has 0 saturated heterocycles. The van der Waals surface area contributed by atoms with Gasteiger partial charge >= 0.3 is 19.8 Å². The van der Waals surface area contributed by atoms with Gasteiger partial charge < -0.3 is 39.9 Å². The molecule has 0 heterocycles. The molecular formula is C46H79O13P. The highest BCUT2D eigenvalue weighted by Gasteiger charge is 2.27. The van der Waals surface area contributed by atoms with Crippen molar-refractivity contribution in [3.63, 3.8) is 0 Å². The van der Waals surface area contributed by atoms with Crippen LogP contribution in [0.15, 0.2) is 72.9 Å². The lowest BCUT2D eigenvalue weighted by Gasteiger charge is -2.20. The van der Waals surface area contributed by atoms with Crippen LogP contribution in [0.3, 0.4) is 0 Å². The molecular weight excluding hydrogens is 791 g/mol. The number of ether oxygens (including phenoxy) is 2. The van der Waals surface area contributed by atoms with Crippen molar-refractivity contribution in [3.8, 4) is 0 Å². The minimum Gasteiger partial charge on any atom is -0.462 e. The maximum atomic E-state index is 12.6. The standard InChI is InChI=1S/C46H79O13P/c1-3-5-7-8-9-10-11-12-13-14-15-16-17-18-19-24-28-34-45(52)56-38-42(39-58-60(54,55)57-37-41(49)36-47)59-46(53)35-29-33-44(51)43(50)32-27-23-21-20-22-26-31-40(48)30-25-6-4-2/h9-10,12-13,20-23,26-27,31-32,40-44,47-51H,3-8,11,14-19,24-25,28-30,33-39H2,1-2H3,(H,54,55)/b10-9-,13-12-,22-20-,23-21+,31-26+,32-27+/t40-,41-,42+,43-,44-/m0/s1. The van der Waals surface area contributed by atoms with Crippen LogP contribution in [0.5, 0.6) is 0 Å². The van der Waals surface area contributed by atoms with Crippen LogP contribution < -0.4 is 0 Å². The van der Waals surface area contributed by atoms with Gasteiger partial charge in [0.15, 0.2) is 6.10 Å². The smallest absolute Gasteiger partial charge is 0.462 e. The van der Waals surface area contributed by atoms with Gasteiger partial charge in [0.1, 0.15) is 12.7 Å². The van der Waals surface area contributed by atoms with Crippen molar-refractivity contribution in [3.05, 3.63) is 72.9 Å². The number of aliphatic hydroxyl groups excluding tert-OH is 5. The normalized spacial score (nSPS) is 16.1. The SMILES string of the molecule is CCCCC/C=C\C/C=C\CCCCCCCCCC(=O)OC[C@H](COP(=O)(O)OC[C@@H](O)CO)OC(=O)CCC[C@H](O)[C@@H](O)/C=C/C=C/C=C\C=C\[C@@H](O)CCCCC. The quantitative estimate of drug-likeness (QED) is 0.0112. The van der Waals surface area contributed by atoms with Crippen LogP contribution in [-0.4, -0.2) is 99.3 Å². The number of unbranched alkanes of at least 4 members (excludes halogenated alkanes) is 12. The monoisotopic (exact) mass is 871 g/mol. The van der Waals surface area contributed by atoms with E-state index in [2.05, 4.69) is 42.7 Å². The molecule has 0 aromatic heterocycles. The van der Waals surface area contributed by atoms with E-state index in [-0.39, 0.29) is 25.7 Å². The number of carbonyl (C=O) groups excluding carboxylic acids is 2. The average Bonchev–Trinajstić information content (AvgIpc) is 3.22. The zero-order valence-corrected chi connectivity index (χ0v) is 37.4. The minimum atomic E-state index is -4.72. The summed E-state index contributed by atoms with van der Waals surface area (Å²) in [5, 5.41) is 48.8. The van der Waals surface area contributed by atoms with Gasteiger partial charge in [0.05, 0.1) is 38.1 Å². The van der Waals surface area contributed by atoms with Crippen molar-refractivity contribution in [2.24, 2.45) is 0 Å². The summed E-state index contributed by atoms with van der Waals surface area (Å²) in [6.07, 6.45) is 35.1. The Hall–Kier alpha value is -2.71. The summed E-state index contributed by atoms with van der Waals surface area (Å²) in [5.41, 5.74) is 0. The van der Waals surface area contributed by atoms with Crippen LogP contribution in [0, 0.1) is 0 Å². The van der Waals surface area contributed by atoms with Gasteiger partial charge in [-0.3, -0.25) is 18.6 Å². The largest absolute Gasteiger partial charge is 0.472 e. The highest BCUT2D eigenvalue weighted by atomic mass is 31.2. The highest BCUT2D eigenvalue weighted by molar-refractivity contribution is 7.47. The van der Waals surface area contributed by atoms with E-state index in [0.717, 1.165) is 83.5 Å². The van der Waals surface area contributed by atoms with Gasteiger partial charge in [-0.05, 0) is 57.8 Å². The Labute approximate surface area is 360 Å². The lowest BCUT2D eigenvalue weighted by Crippen LogP contribution is -2.30. The number of phosphoric acid groups is 1. The first kappa shape index (κ1) is 57.3. The third-order valence-electron chi connectivity index (χ3n) is 9.20. The molecule has 0 aromatic carbocycles. The van der Waals surface area contributed by atoms with E-state index in [1.165, 1.54) is 25.3 Å². The van der Waals surface area contributed by atoms with Crippen molar-refractivity contribution in [1.29, 1.82) is 0 Å². The van der Waals surface area contributed by atoms with Gasteiger partial charge in [-0.2, -0.15) is 0 Å². The van der Waals surface area contributed by atoms with Crippen LogP contribution >= 0.6 is 7.82 Å². The van der Waals surface area contributed by atoms with Gasteiger partial charge in [0, 0.05) is 12.8 Å². The molecule has 13 nitrogen and oxygen atoms in total. The second-order valence-electron chi connectivity index (χ2n) is 14.9. The first-order chi connectivity index (χ1) is 28.9. The van der Waals surface area contributed by atoms with Gasteiger partial charge in [-0.25, -0.2) is 4.57 Å². The summed E-state index contributed by atoms with van der Waals surface area (Å²) in [6.45, 7) is 1.83. The average molecular weight is 871 g/mol. The van der Waals surface area contributed by atoms with E-state index >= 15 is 0 Å². The number of aliphatic hydroxyl groups is 5. The second-order valence-corrected chi connectivity index (χ2v) is 16.4. The van der Waals surface area contributed by atoms with Gasteiger partial charge in [-0.1, -0.05) is 151 Å². The van der Waals surface area contributed by atoms with E-state index in [1.807, 2.05) is 0 Å². The number of hydrogen-bond donors (Lipinski definition) is 6. The molecule has 0 saturated carbocycles. The number of carbonyl (C=O) groups is 2. The van der Waals surface area contributed by atoms with E-state index in [4.69, 9.17) is 19.1 Å². The van der Waals surface area contributed by atoms with Crippen LogP contribution in [-0.2, 0) is 32.7 Å². The van der Waals surface area contributed by atoms with Gasteiger partial charge in [0.25, 0.3) is 0 Å². The molecule has 0 spiro atoms. The molecule has 0 aromatic rings. The van der Waals surface area contributed by atoms with Crippen LogP contribution in [0.2, 0.25) is 0 Å². The Bertz CT molecular complexity index is 1280. The Morgan fingerprint density at radius 1 is 0.600 bits per heavy atom. The summed E-state index contributed by atoms with van der Waals surface area (Å²) in [5.74, 6) is -1.27. The summed E-state index contributed by atoms with van der Waals surface area (Å²) < 4.78 is 32.5. The fourth-order valence-electron chi connectivity index (χ4n) is 5.58. The Balaban J connectivity index is 4.64.